The molecule has 0 aliphatic carbocycles. The smallest absolute Gasteiger partial charge is 0.490 e. The summed E-state index contributed by atoms with van der Waals surface area (Å²) in [5.74, 6) is -1.07. The van der Waals surface area contributed by atoms with Gasteiger partial charge in [0.05, 0.1) is 30.5 Å². The van der Waals surface area contributed by atoms with Crippen LogP contribution in [0, 0.1) is 11.2 Å². The second kappa shape index (κ2) is 9.45. The zero-order chi connectivity index (χ0) is 25.4. The number of carbonyl (C=O) groups excluding carboxylic acids is 1. The van der Waals surface area contributed by atoms with Gasteiger partial charge in [-0.05, 0) is 65.9 Å². The first kappa shape index (κ1) is 27.4. The van der Waals surface area contributed by atoms with Crippen molar-refractivity contribution in [2.75, 3.05) is 13.7 Å². The molecule has 6 nitrogen and oxygen atoms in total. The third-order valence-electron chi connectivity index (χ3n) is 6.03. The number of carbonyl (C=O) groups is 1. The lowest BCUT2D eigenvalue weighted by Crippen LogP contribution is -2.46. The number of hydrogen-bond donors (Lipinski definition) is 1. The monoisotopic (exact) mass is 465 g/mol. The highest BCUT2D eigenvalue weighted by Gasteiger charge is 2.53. The van der Waals surface area contributed by atoms with Crippen LogP contribution in [0.1, 0.15) is 92.4 Å². The molecule has 0 atom stereocenters. The van der Waals surface area contributed by atoms with Crippen molar-refractivity contribution in [3.63, 3.8) is 0 Å². The Bertz CT molecular complexity index is 861. The van der Waals surface area contributed by atoms with Crippen LogP contribution in [0.4, 0.5) is 4.39 Å². The first-order valence-corrected chi connectivity index (χ1v) is 11.7. The molecule has 2 rings (SSSR count). The van der Waals surface area contributed by atoms with Crippen molar-refractivity contribution in [3.05, 3.63) is 17.4 Å². The van der Waals surface area contributed by atoms with Gasteiger partial charge in [0.1, 0.15) is 0 Å². The highest BCUT2D eigenvalue weighted by atomic mass is 19.1. The lowest BCUT2D eigenvalue weighted by Gasteiger charge is -2.33. The topological polar surface area (TPSA) is 66.0 Å². The number of hydrogen-bond acceptors (Lipinski definition) is 5. The molecule has 1 fully saturated rings. The van der Waals surface area contributed by atoms with Crippen molar-refractivity contribution in [1.29, 1.82) is 0 Å². The number of ether oxygens (including phenoxy) is 2. The quantitative estimate of drug-likeness (QED) is 0.555. The summed E-state index contributed by atoms with van der Waals surface area (Å²) >= 11 is 0. The maximum atomic E-state index is 15.6. The average molecular weight is 465 g/mol. The molecule has 0 saturated carbocycles. The first-order valence-electron chi connectivity index (χ1n) is 11.7. The highest BCUT2D eigenvalue weighted by Crippen LogP contribution is 2.39. The van der Waals surface area contributed by atoms with E-state index in [0.717, 1.165) is 6.42 Å². The highest BCUT2D eigenvalue weighted by molar-refractivity contribution is 6.62. The Morgan fingerprint density at radius 2 is 1.64 bits per heavy atom. The molecule has 0 radical (unpaired) electrons. The minimum atomic E-state index is -0.988. The Labute approximate surface area is 199 Å². The number of methoxy groups -OCH3 is 1. The van der Waals surface area contributed by atoms with E-state index in [1.807, 2.05) is 48.5 Å². The molecule has 1 aliphatic heterocycles. The molecule has 1 aromatic carbocycles. The van der Waals surface area contributed by atoms with E-state index in [2.05, 4.69) is 26.1 Å². The lowest BCUT2D eigenvalue weighted by molar-refractivity contribution is 0.00578. The van der Waals surface area contributed by atoms with Crippen LogP contribution in [0.3, 0.4) is 0 Å². The Hall–Kier alpha value is -1.80. The Morgan fingerprint density at radius 3 is 2.09 bits per heavy atom. The summed E-state index contributed by atoms with van der Waals surface area (Å²) in [5.41, 5.74) is -1.52. The SMILES string of the molecule is CCCOc1c(C(=O)NC(C)(C)CC(C)(C)C)cc(B2OC(C)(C)C(C)(C)O2)c(F)c1OC. The molecule has 8 heteroatoms. The van der Waals surface area contributed by atoms with Crippen molar-refractivity contribution in [2.24, 2.45) is 5.41 Å². The molecule has 1 N–H and O–H groups in total. The van der Waals surface area contributed by atoms with Crippen LogP contribution in [0.25, 0.3) is 0 Å². The standard InChI is InChI=1S/C25H41BFNO5/c1-12-13-31-19-16(21(29)28-23(5,6)15-22(2,3)4)14-17(18(27)20(19)30-11)26-32-24(7,8)25(9,10)33-26/h14H,12-13,15H2,1-11H3,(H,28,29). The summed E-state index contributed by atoms with van der Waals surface area (Å²) in [4.78, 5) is 13.5. The van der Waals surface area contributed by atoms with E-state index in [1.165, 1.54) is 13.2 Å². The van der Waals surface area contributed by atoms with E-state index in [1.54, 1.807) is 0 Å². The van der Waals surface area contributed by atoms with Gasteiger partial charge < -0.3 is 24.1 Å². The van der Waals surface area contributed by atoms with Gasteiger partial charge in [-0.1, -0.05) is 27.7 Å². The van der Waals surface area contributed by atoms with E-state index < -0.39 is 29.7 Å². The van der Waals surface area contributed by atoms with Gasteiger partial charge >= 0.3 is 7.12 Å². The minimum absolute atomic E-state index is 0.00661. The molecule has 1 saturated heterocycles. The zero-order valence-electron chi connectivity index (χ0n) is 22.2. The summed E-state index contributed by atoms with van der Waals surface area (Å²) < 4.78 is 39.0. The van der Waals surface area contributed by atoms with Crippen molar-refractivity contribution in [3.8, 4) is 11.5 Å². The number of amides is 1. The third kappa shape index (κ3) is 6.21. The molecule has 1 amide bonds. The lowest BCUT2D eigenvalue weighted by atomic mass is 9.77. The maximum absolute atomic E-state index is 15.6. The van der Waals surface area contributed by atoms with Crippen LogP contribution in [-0.4, -0.2) is 43.5 Å². The Balaban J connectivity index is 2.58. The molecule has 0 unspecified atom stereocenters. The molecule has 33 heavy (non-hydrogen) atoms. The fourth-order valence-electron chi connectivity index (χ4n) is 4.22. The third-order valence-corrected chi connectivity index (χ3v) is 6.03. The van der Waals surface area contributed by atoms with Gasteiger partial charge in [0, 0.05) is 11.0 Å². The van der Waals surface area contributed by atoms with Gasteiger partial charge in [0.15, 0.2) is 17.3 Å². The van der Waals surface area contributed by atoms with E-state index in [0.29, 0.717) is 13.0 Å². The fraction of sp³-hybridized carbons (Fsp3) is 0.720. The first-order chi connectivity index (χ1) is 14.9. The number of rotatable bonds is 8. The molecule has 1 aliphatic rings. The molecular formula is C25H41BFNO5. The van der Waals surface area contributed by atoms with Crippen molar-refractivity contribution in [2.45, 2.75) is 98.8 Å². The zero-order valence-corrected chi connectivity index (χ0v) is 22.2. The molecule has 186 valence electrons. The molecule has 0 aromatic heterocycles. The van der Waals surface area contributed by atoms with E-state index in [-0.39, 0.29) is 33.8 Å². The predicted octanol–water partition coefficient (Wildman–Crippen LogP) is 4.87. The van der Waals surface area contributed by atoms with Crippen LogP contribution in [0.5, 0.6) is 11.5 Å². The van der Waals surface area contributed by atoms with Gasteiger partial charge in [0.2, 0.25) is 0 Å². The largest absolute Gasteiger partial charge is 0.498 e. The van der Waals surface area contributed by atoms with E-state index in [9.17, 15) is 4.79 Å². The number of nitrogens with one attached hydrogen (secondary N) is 1. The fourth-order valence-corrected chi connectivity index (χ4v) is 4.22. The van der Waals surface area contributed by atoms with Crippen molar-refractivity contribution < 1.29 is 28.0 Å². The van der Waals surface area contributed by atoms with Crippen LogP contribution in [0.2, 0.25) is 0 Å². The molecule has 1 heterocycles. The second-order valence-electron chi connectivity index (χ2n) is 11.7. The summed E-state index contributed by atoms with van der Waals surface area (Å²) in [6.45, 7) is 20.1. The Morgan fingerprint density at radius 1 is 1.09 bits per heavy atom. The number of benzene rings is 1. The number of halogens is 1. The van der Waals surface area contributed by atoms with Crippen LogP contribution >= 0.6 is 0 Å². The normalized spacial score (nSPS) is 17.8. The van der Waals surface area contributed by atoms with Gasteiger partial charge in [-0.15, -0.1) is 0 Å². The van der Waals surface area contributed by atoms with Crippen molar-refractivity contribution in [1.82, 2.24) is 5.32 Å². The summed E-state index contributed by atoms with van der Waals surface area (Å²) in [5, 5.41) is 3.09. The maximum Gasteiger partial charge on any atom is 0.498 e. The summed E-state index contributed by atoms with van der Waals surface area (Å²) in [6, 6.07) is 1.47. The van der Waals surface area contributed by atoms with Crippen LogP contribution < -0.4 is 20.3 Å². The molecule has 0 bridgehead atoms. The summed E-state index contributed by atoms with van der Waals surface area (Å²) in [6.07, 6.45) is 1.44. The molecule has 0 spiro atoms. The molecular weight excluding hydrogens is 424 g/mol. The van der Waals surface area contributed by atoms with E-state index >= 15 is 4.39 Å². The van der Waals surface area contributed by atoms with Gasteiger partial charge in [0.25, 0.3) is 5.91 Å². The second-order valence-corrected chi connectivity index (χ2v) is 11.7. The molecule has 1 aromatic rings. The van der Waals surface area contributed by atoms with Crippen molar-refractivity contribution >= 4 is 18.5 Å². The van der Waals surface area contributed by atoms with E-state index in [4.69, 9.17) is 18.8 Å². The van der Waals surface area contributed by atoms with Crippen LogP contribution in [-0.2, 0) is 9.31 Å². The van der Waals surface area contributed by atoms with Gasteiger partial charge in [-0.3, -0.25) is 4.79 Å². The summed E-state index contributed by atoms with van der Waals surface area (Å²) in [7, 11) is 0.370. The van der Waals surface area contributed by atoms with Gasteiger partial charge in [-0.2, -0.15) is 0 Å². The Kier molecular flexibility index (Phi) is 7.86. The van der Waals surface area contributed by atoms with Crippen LogP contribution in [0.15, 0.2) is 6.07 Å². The minimum Gasteiger partial charge on any atom is -0.490 e. The predicted molar refractivity (Wildman–Crippen MR) is 130 cm³/mol. The average Bonchev–Trinajstić information content (AvgIpc) is 2.84. The van der Waals surface area contributed by atoms with Gasteiger partial charge in [-0.25, -0.2) is 4.39 Å².